The number of thiophene rings is 1. The highest BCUT2D eigenvalue weighted by Crippen LogP contribution is 2.52. The minimum Gasteiger partial charge on any atom is -0.309 e. The van der Waals surface area contributed by atoms with E-state index in [-0.39, 0.29) is 0 Å². The maximum atomic E-state index is 2.52. The third-order valence-electron chi connectivity index (χ3n) is 9.29. The lowest BCUT2D eigenvalue weighted by Crippen LogP contribution is -2.10. The third-order valence-corrected chi connectivity index (χ3v) is 10.5. The SMILES string of the molecule is c1ccc(-c2ccc(N(c3ccccc3)c3cc4cccc5c6ccccc6n6c7ccccc7c7sc3c(c45)c76)cc2)cc1. The molecule has 0 spiro atoms. The molecule has 0 amide bonds. The van der Waals surface area contributed by atoms with Crippen LogP contribution in [0.3, 0.4) is 0 Å². The summed E-state index contributed by atoms with van der Waals surface area (Å²) in [4.78, 5) is 2.44. The minimum absolute atomic E-state index is 1.14. The van der Waals surface area contributed by atoms with Crippen molar-refractivity contribution in [2.45, 2.75) is 0 Å². The van der Waals surface area contributed by atoms with Gasteiger partial charge in [0.15, 0.2) is 0 Å². The fourth-order valence-corrected chi connectivity index (χ4v) is 8.70. The Morgan fingerprint density at radius 3 is 1.82 bits per heavy atom. The Bertz CT molecular complexity index is 2680. The molecule has 0 radical (unpaired) electrons. The van der Waals surface area contributed by atoms with Crippen molar-refractivity contribution in [2.75, 3.05) is 4.90 Å². The van der Waals surface area contributed by atoms with E-state index in [1.165, 1.54) is 75.1 Å². The predicted octanol–water partition coefficient (Wildman–Crippen LogP) is 12.3. The van der Waals surface area contributed by atoms with E-state index in [1.54, 1.807) is 0 Å². The summed E-state index contributed by atoms with van der Waals surface area (Å²) in [6, 6.07) is 57.4. The first-order chi connectivity index (χ1) is 22.3. The van der Waals surface area contributed by atoms with Crippen molar-refractivity contribution >= 4 is 86.7 Å². The van der Waals surface area contributed by atoms with Gasteiger partial charge in [0.1, 0.15) is 0 Å². The second-order valence-electron chi connectivity index (χ2n) is 11.7. The van der Waals surface area contributed by atoms with Crippen LogP contribution in [-0.4, -0.2) is 4.40 Å². The molecule has 0 fully saturated rings. The second-order valence-corrected chi connectivity index (χ2v) is 12.8. The van der Waals surface area contributed by atoms with E-state index in [9.17, 15) is 0 Å². The van der Waals surface area contributed by atoms with Gasteiger partial charge in [-0.05, 0) is 64.4 Å². The quantitative estimate of drug-likeness (QED) is 0.198. The van der Waals surface area contributed by atoms with Crippen LogP contribution in [0.5, 0.6) is 0 Å². The molecule has 45 heavy (non-hydrogen) atoms. The summed E-state index contributed by atoms with van der Waals surface area (Å²) >= 11 is 1.93. The van der Waals surface area contributed by atoms with Gasteiger partial charge in [-0.2, -0.15) is 0 Å². The van der Waals surface area contributed by atoms with E-state index in [0.717, 1.165) is 11.4 Å². The number of nitrogens with zero attached hydrogens (tertiary/aromatic N) is 2. The number of benzene rings is 7. The summed E-state index contributed by atoms with van der Waals surface area (Å²) in [7, 11) is 0. The van der Waals surface area contributed by atoms with Gasteiger partial charge in [-0.1, -0.05) is 115 Å². The number of hydrogen-bond donors (Lipinski definition) is 0. The first-order valence-electron chi connectivity index (χ1n) is 15.4. The molecule has 7 aromatic carbocycles. The lowest BCUT2D eigenvalue weighted by molar-refractivity contribution is 1.30. The minimum atomic E-state index is 1.14. The number of hydrogen-bond acceptors (Lipinski definition) is 2. The third kappa shape index (κ3) is 3.50. The molecular weight excluding hydrogens is 565 g/mol. The monoisotopic (exact) mass is 590 g/mol. The van der Waals surface area contributed by atoms with Crippen molar-refractivity contribution in [3.05, 3.63) is 158 Å². The Morgan fingerprint density at radius 2 is 1.04 bits per heavy atom. The van der Waals surface area contributed by atoms with Crippen LogP contribution < -0.4 is 4.90 Å². The maximum Gasteiger partial charge on any atom is 0.0735 e. The van der Waals surface area contributed by atoms with Gasteiger partial charge in [0, 0.05) is 32.9 Å². The fraction of sp³-hybridized carbons (Fsp3) is 0. The number of aromatic nitrogens is 1. The van der Waals surface area contributed by atoms with Gasteiger partial charge in [0.2, 0.25) is 0 Å². The van der Waals surface area contributed by atoms with Gasteiger partial charge in [-0.3, -0.25) is 0 Å². The first-order valence-corrected chi connectivity index (χ1v) is 16.2. The molecule has 210 valence electrons. The standard InChI is InChI=1S/C42H26N2S/c1-3-12-27(13-4-1)28-22-24-31(25-23-28)43(30-15-5-2-6-16-30)37-26-29-14-11-19-33-32-17-7-9-20-35(32)44-36-21-10-8-18-34(36)41-40(44)39(38(29)33)42(37)45-41/h1-26H. The van der Waals surface area contributed by atoms with Gasteiger partial charge in [0.25, 0.3) is 0 Å². The summed E-state index contributed by atoms with van der Waals surface area (Å²) in [6.07, 6.45) is 0. The lowest BCUT2D eigenvalue weighted by Gasteiger charge is -2.27. The zero-order valence-corrected chi connectivity index (χ0v) is 25.1. The van der Waals surface area contributed by atoms with Crippen LogP contribution in [0.15, 0.2) is 158 Å². The molecule has 0 aliphatic heterocycles. The predicted molar refractivity (Wildman–Crippen MR) is 194 cm³/mol. The van der Waals surface area contributed by atoms with E-state index in [4.69, 9.17) is 0 Å². The zero-order valence-electron chi connectivity index (χ0n) is 24.3. The number of anilines is 3. The van der Waals surface area contributed by atoms with Crippen LogP contribution >= 0.6 is 11.3 Å². The fourth-order valence-electron chi connectivity index (χ4n) is 7.37. The first kappa shape index (κ1) is 24.8. The highest BCUT2D eigenvalue weighted by Gasteiger charge is 2.25. The number of para-hydroxylation sites is 3. The van der Waals surface area contributed by atoms with E-state index in [1.807, 2.05) is 11.3 Å². The molecule has 0 N–H and O–H groups in total. The number of fused-ring (bicyclic) bond motifs is 6. The normalized spacial score (nSPS) is 12.0. The summed E-state index contributed by atoms with van der Waals surface area (Å²) in [6.45, 7) is 0. The van der Waals surface area contributed by atoms with Crippen molar-refractivity contribution in [3.8, 4) is 11.1 Å². The van der Waals surface area contributed by atoms with Crippen LogP contribution in [0.4, 0.5) is 17.1 Å². The highest BCUT2D eigenvalue weighted by atomic mass is 32.1. The van der Waals surface area contributed by atoms with Gasteiger partial charge in [-0.25, -0.2) is 0 Å². The maximum absolute atomic E-state index is 2.52. The largest absolute Gasteiger partial charge is 0.309 e. The molecule has 0 aliphatic carbocycles. The number of rotatable bonds is 4. The molecular formula is C42H26N2S. The van der Waals surface area contributed by atoms with Gasteiger partial charge < -0.3 is 9.30 Å². The van der Waals surface area contributed by atoms with E-state index >= 15 is 0 Å². The highest BCUT2D eigenvalue weighted by molar-refractivity contribution is 7.27. The smallest absolute Gasteiger partial charge is 0.0735 e. The van der Waals surface area contributed by atoms with Crippen molar-refractivity contribution in [2.24, 2.45) is 0 Å². The summed E-state index contributed by atoms with van der Waals surface area (Å²) in [5.41, 5.74) is 9.74. The molecule has 2 nitrogen and oxygen atoms in total. The average Bonchev–Trinajstić information content (AvgIpc) is 3.60. The summed E-state index contributed by atoms with van der Waals surface area (Å²) < 4.78 is 5.17. The van der Waals surface area contributed by atoms with Crippen molar-refractivity contribution < 1.29 is 0 Å². The Labute approximate surface area is 264 Å². The van der Waals surface area contributed by atoms with Crippen molar-refractivity contribution in [1.82, 2.24) is 4.40 Å². The Balaban J connectivity index is 1.36. The topological polar surface area (TPSA) is 7.65 Å². The second kappa shape index (κ2) is 9.43. The van der Waals surface area contributed by atoms with Crippen LogP contribution in [0.1, 0.15) is 0 Å². The van der Waals surface area contributed by atoms with Gasteiger partial charge in [0.05, 0.1) is 31.6 Å². The molecule has 0 unspecified atom stereocenters. The van der Waals surface area contributed by atoms with Gasteiger partial charge >= 0.3 is 0 Å². The molecule has 3 heteroatoms. The van der Waals surface area contributed by atoms with Gasteiger partial charge in [-0.15, -0.1) is 11.3 Å². The van der Waals surface area contributed by atoms with Crippen molar-refractivity contribution in [3.63, 3.8) is 0 Å². The molecule has 10 aromatic rings. The molecule has 0 saturated carbocycles. The zero-order chi connectivity index (χ0) is 29.5. The molecule has 0 aliphatic rings. The Morgan fingerprint density at radius 1 is 0.444 bits per heavy atom. The van der Waals surface area contributed by atoms with E-state index in [0.29, 0.717) is 0 Å². The molecule has 0 bridgehead atoms. The molecule has 3 heterocycles. The van der Waals surface area contributed by atoms with Crippen LogP contribution in [0, 0.1) is 0 Å². The Kier molecular flexibility index (Phi) is 5.19. The summed E-state index contributed by atoms with van der Waals surface area (Å²) in [5.74, 6) is 0. The van der Waals surface area contributed by atoms with Crippen LogP contribution in [0.25, 0.3) is 69.4 Å². The van der Waals surface area contributed by atoms with Crippen LogP contribution in [-0.2, 0) is 0 Å². The van der Waals surface area contributed by atoms with Crippen LogP contribution in [0.2, 0.25) is 0 Å². The molecule has 0 atom stereocenters. The molecule has 0 saturated heterocycles. The van der Waals surface area contributed by atoms with E-state index in [2.05, 4.69) is 167 Å². The Hall–Kier alpha value is -5.64. The molecule has 3 aromatic heterocycles. The average molecular weight is 591 g/mol. The van der Waals surface area contributed by atoms with E-state index < -0.39 is 0 Å². The van der Waals surface area contributed by atoms with Crippen molar-refractivity contribution in [1.29, 1.82) is 0 Å². The lowest BCUT2D eigenvalue weighted by atomic mass is 9.99. The molecule has 10 rings (SSSR count). The summed E-state index contributed by atoms with van der Waals surface area (Å²) in [5, 5.41) is 7.81.